The highest BCUT2D eigenvalue weighted by Gasteiger charge is 2.68. The first-order chi connectivity index (χ1) is 7.09. The molecule has 3 fully saturated rings. The predicted octanol–water partition coefficient (Wildman–Crippen LogP) is 2.89. The molecule has 80 valence electrons. The molecule has 0 heterocycles. The lowest BCUT2D eigenvalue weighted by Crippen LogP contribution is -2.66. The maximum absolute atomic E-state index is 13.1. The van der Waals surface area contributed by atoms with E-state index in [-0.39, 0.29) is 23.3 Å². The Kier molecular flexibility index (Phi) is 1.76. The number of halogens is 2. The number of hydrogen-bond donors (Lipinski definition) is 1. The Labute approximate surface area is 92.9 Å². The summed E-state index contributed by atoms with van der Waals surface area (Å²) in [7, 11) is 0. The van der Waals surface area contributed by atoms with Gasteiger partial charge in [0.1, 0.15) is 5.82 Å². The molecule has 1 aromatic rings. The zero-order valence-corrected chi connectivity index (χ0v) is 9.02. The smallest absolute Gasteiger partial charge is 0.123 e. The summed E-state index contributed by atoms with van der Waals surface area (Å²) in [5.41, 5.74) is 1.14. The van der Waals surface area contributed by atoms with Gasteiger partial charge in [0, 0.05) is 11.6 Å². The first-order valence-electron chi connectivity index (χ1n) is 5.16. The van der Waals surface area contributed by atoms with E-state index in [1.165, 1.54) is 6.07 Å². The molecule has 0 spiro atoms. The Bertz CT molecular complexity index is 410. The third-order valence-corrected chi connectivity index (χ3v) is 4.30. The molecule has 0 unspecified atom stereocenters. The van der Waals surface area contributed by atoms with E-state index in [1.54, 1.807) is 12.1 Å². The van der Waals surface area contributed by atoms with Crippen LogP contribution in [0.15, 0.2) is 18.2 Å². The van der Waals surface area contributed by atoms with Crippen LogP contribution in [0.4, 0.5) is 4.39 Å². The van der Waals surface area contributed by atoms with E-state index >= 15 is 0 Å². The van der Waals surface area contributed by atoms with Crippen molar-refractivity contribution in [2.45, 2.75) is 24.7 Å². The summed E-state index contributed by atoms with van der Waals surface area (Å²) in [6.07, 6.45) is 2.87. The molecule has 3 aliphatic rings. The molecule has 1 N–H and O–H groups in total. The van der Waals surface area contributed by atoms with Crippen LogP contribution in [-0.2, 0) is 5.41 Å². The highest BCUT2D eigenvalue weighted by molar-refractivity contribution is 6.31. The van der Waals surface area contributed by atoms with Crippen LogP contribution in [0.2, 0.25) is 5.02 Å². The number of hydrogen-bond acceptors (Lipinski definition) is 1. The SMILES string of the molecule is OCC12CC(c3cc(F)ccc3Cl)(C1)C2. The lowest BCUT2D eigenvalue weighted by atomic mass is 9.34. The highest BCUT2D eigenvalue weighted by Crippen LogP contribution is 2.73. The van der Waals surface area contributed by atoms with Crippen LogP contribution in [-0.4, -0.2) is 11.7 Å². The molecule has 0 radical (unpaired) electrons. The summed E-state index contributed by atoms with van der Waals surface area (Å²) < 4.78 is 13.1. The summed E-state index contributed by atoms with van der Waals surface area (Å²) in [4.78, 5) is 0. The minimum Gasteiger partial charge on any atom is -0.396 e. The summed E-state index contributed by atoms with van der Waals surface area (Å²) in [6.45, 7) is 0.252. The van der Waals surface area contributed by atoms with Crippen LogP contribution >= 0.6 is 11.6 Å². The van der Waals surface area contributed by atoms with Crippen LogP contribution in [0, 0.1) is 11.2 Å². The Morgan fingerprint density at radius 2 is 2.00 bits per heavy atom. The molecule has 3 aliphatic carbocycles. The van der Waals surface area contributed by atoms with Gasteiger partial charge in [-0.25, -0.2) is 4.39 Å². The van der Waals surface area contributed by atoms with E-state index in [4.69, 9.17) is 16.7 Å². The maximum Gasteiger partial charge on any atom is 0.123 e. The van der Waals surface area contributed by atoms with Crippen molar-refractivity contribution in [1.82, 2.24) is 0 Å². The molecule has 0 aliphatic heterocycles. The second-order valence-corrected chi connectivity index (χ2v) is 5.50. The van der Waals surface area contributed by atoms with Crippen molar-refractivity contribution in [1.29, 1.82) is 0 Å². The van der Waals surface area contributed by atoms with E-state index in [9.17, 15) is 4.39 Å². The van der Waals surface area contributed by atoms with Gasteiger partial charge in [0.15, 0.2) is 0 Å². The van der Waals surface area contributed by atoms with E-state index in [1.807, 2.05) is 0 Å². The molecule has 2 bridgehead atoms. The number of benzene rings is 1. The van der Waals surface area contributed by atoms with Crippen LogP contribution in [0.3, 0.4) is 0 Å². The molecule has 4 rings (SSSR count). The zero-order valence-electron chi connectivity index (χ0n) is 8.26. The van der Waals surface area contributed by atoms with E-state index in [0.717, 1.165) is 24.8 Å². The average Bonchev–Trinajstić information content (AvgIpc) is 2.07. The molecule has 3 heteroatoms. The number of aliphatic hydroxyl groups is 1. The average molecular weight is 227 g/mol. The molecule has 1 aromatic carbocycles. The first-order valence-corrected chi connectivity index (χ1v) is 5.54. The minimum absolute atomic E-state index is 0.0713. The lowest BCUT2D eigenvalue weighted by molar-refractivity contribution is -0.167. The number of rotatable bonds is 2. The van der Waals surface area contributed by atoms with Crippen molar-refractivity contribution in [2.75, 3.05) is 6.61 Å². The van der Waals surface area contributed by atoms with Crippen LogP contribution in [0.5, 0.6) is 0 Å². The Morgan fingerprint density at radius 3 is 2.60 bits per heavy atom. The standard InChI is InChI=1S/C12H12ClFO/c13-10-2-1-8(14)3-9(10)12-4-11(5-12,6-12)7-15/h1-3,15H,4-7H2. The maximum atomic E-state index is 13.1. The molecule has 15 heavy (non-hydrogen) atoms. The second kappa shape index (κ2) is 2.74. The van der Waals surface area contributed by atoms with Crippen molar-refractivity contribution < 1.29 is 9.50 Å². The van der Waals surface area contributed by atoms with Gasteiger partial charge in [-0.05, 0) is 53.9 Å². The van der Waals surface area contributed by atoms with E-state index < -0.39 is 0 Å². The van der Waals surface area contributed by atoms with Gasteiger partial charge in [0.2, 0.25) is 0 Å². The number of aliphatic hydroxyl groups excluding tert-OH is 1. The van der Waals surface area contributed by atoms with Gasteiger partial charge in [-0.1, -0.05) is 11.6 Å². The quantitative estimate of drug-likeness (QED) is 0.822. The van der Waals surface area contributed by atoms with Gasteiger partial charge < -0.3 is 5.11 Å². The molecule has 0 amide bonds. The first kappa shape index (κ1) is 9.61. The highest BCUT2D eigenvalue weighted by atomic mass is 35.5. The van der Waals surface area contributed by atoms with Crippen molar-refractivity contribution >= 4 is 11.6 Å². The summed E-state index contributed by atoms with van der Waals surface area (Å²) in [6, 6.07) is 4.56. The molecule has 1 nitrogen and oxygen atoms in total. The largest absolute Gasteiger partial charge is 0.396 e. The van der Waals surface area contributed by atoms with Crippen LogP contribution in [0.1, 0.15) is 24.8 Å². The molecule has 0 atom stereocenters. The third-order valence-electron chi connectivity index (χ3n) is 3.98. The van der Waals surface area contributed by atoms with Gasteiger partial charge in [-0.2, -0.15) is 0 Å². The van der Waals surface area contributed by atoms with Crippen LogP contribution < -0.4 is 0 Å². The normalized spacial score (nSPS) is 37.0. The Hall–Kier alpha value is -0.600. The summed E-state index contributed by atoms with van der Waals surface area (Å²) in [5.74, 6) is -0.225. The van der Waals surface area contributed by atoms with Gasteiger partial charge in [0.25, 0.3) is 0 Å². The molecule has 0 aromatic heterocycles. The van der Waals surface area contributed by atoms with Crippen molar-refractivity contribution in [3.8, 4) is 0 Å². The monoisotopic (exact) mass is 226 g/mol. The summed E-state index contributed by atoms with van der Waals surface area (Å²) in [5, 5.41) is 9.82. The second-order valence-electron chi connectivity index (χ2n) is 5.09. The molecular formula is C12H12ClFO. The summed E-state index contributed by atoms with van der Waals surface area (Å²) >= 11 is 6.08. The minimum atomic E-state index is -0.225. The van der Waals surface area contributed by atoms with Crippen molar-refractivity contribution in [3.63, 3.8) is 0 Å². The van der Waals surface area contributed by atoms with Gasteiger partial charge in [-0.3, -0.25) is 0 Å². The fraction of sp³-hybridized carbons (Fsp3) is 0.500. The van der Waals surface area contributed by atoms with Crippen LogP contribution in [0.25, 0.3) is 0 Å². The topological polar surface area (TPSA) is 20.2 Å². The van der Waals surface area contributed by atoms with Gasteiger partial charge >= 0.3 is 0 Å². The zero-order chi connectivity index (χ0) is 10.7. The fourth-order valence-corrected chi connectivity index (χ4v) is 3.67. The third kappa shape index (κ3) is 1.12. The Morgan fingerprint density at radius 1 is 1.33 bits per heavy atom. The Balaban J connectivity index is 1.93. The van der Waals surface area contributed by atoms with E-state index in [2.05, 4.69) is 0 Å². The molecule has 3 saturated carbocycles. The van der Waals surface area contributed by atoms with Gasteiger partial charge in [0.05, 0.1) is 0 Å². The fourth-order valence-electron chi connectivity index (χ4n) is 3.36. The van der Waals surface area contributed by atoms with E-state index in [0.29, 0.717) is 5.02 Å². The van der Waals surface area contributed by atoms with Crippen molar-refractivity contribution in [2.24, 2.45) is 5.41 Å². The van der Waals surface area contributed by atoms with Gasteiger partial charge in [-0.15, -0.1) is 0 Å². The van der Waals surface area contributed by atoms with Crippen molar-refractivity contribution in [3.05, 3.63) is 34.6 Å². The molecule has 0 saturated heterocycles. The lowest BCUT2D eigenvalue weighted by Gasteiger charge is -2.70. The predicted molar refractivity (Wildman–Crippen MR) is 56.5 cm³/mol. The molecular weight excluding hydrogens is 215 g/mol.